The number of carboxylic acids is 1. The third-order valence-electron chi connectivity index (χ3n) is 2.18. The van der Waals surface area contributed by atoms with E-state index >= 15 is 0 Å². The summed E-state index contributed by atoms with van der Waals surface area (Å²) in [4.78, 5) is 10.5. The lowest BCUT2D eigenvalue weighted by Crippen LogP contribution is -2.21. The minimum atomic E-state index is -0.656. The lowest BCUT2D eigenvalue weighted by molar-refractivity contribution is -0.142. The molecule has 1 rings (SSSR count). The van der Waals surface area contributed by atoms with Crippen LogP contribution in [-0.2, 0) is 4.79 Å². The van der Waals surface area contributed by atoms with Gasteiger partial charge in [0.1, 0.15) is 0 Å². The zero-order valence-electron chi connectivity index (χ0n) is 6.13. The van der Waals surface area contributed by atoms with Crippen molar-refractivity contribution in [1.29, 1.82) is 0 Å². The molecule has 1 heterocycles. The van der Waals surface area contributed by atoms with E-state index in [2.05, 4.69) is 5.32 Å². The molecule has 0 saturated carbocycles. The molecule has 2 atom stereocenters. The largest absolute Gasteiger partial charge is 0.481 e. The van der Waals surface area contributed by atoms with Crippen molar-refractivity contribution in [3.63, 3.8) is 0 Å². The van der Waals surface area contributed by atoms with Crippen LogP contribution >= 0.6 is 0 Å². The molecule has 0 bridgehead atoms. The van der Waals surface area contributed by atoms with Crippen LogP contribution in [-0.4, -0.2) is 24.2 Å². The summed E-state index contributed by atoms with van der Waals surface area (Å²) in [6.07, 6.45) is 0.962. The summed E-state index contributed by atoms with van der Waals surface area (Å²) >= 11 is 0. The molecular weight excluding hydrogens is 130 g/mol. The standard InChI is InChI=1S/C7H13NO2/c1-2-5-3-8-4-6(5)7(9)10/h5-6,8H,2-4H2,1H3,(H,9,10)/t5-,6+/m0/s1. The van der Waals surface area contributed by atoms with Crippen molar-refractivity contribution in [1.82, 2.24) is 5.32 Å². The van der Waals surface area contributed by atoms with Crippen LogP contribution in [0.1, 0.15) is 13.3 Å². The van der Waals surface area contributed by atoms with Crippen molar-refractivity contribution < 1.29 is 9.90 Å². The second-order valence-corrected chi connectivity index (χ2v) is 2.77. The normalized spacial score (nSPS) is 32.5. The molecule has 1 aliphatic heterocycles. The van der Waals surface area contributed by atoms with Gasteiger partial charge in [0.25, 0.3) is 0 Å². The van der Waals surface area contributed by atoms with Crippen molar-refractivity contribution >= 4 is 5.97 Å². The van der Waals surface area contributed by atoms with Gasteiger partial charge in [-0.2, -0.15) is 0 Å². The molecular formula is C7H13NO2. The van der Waals surface area contributed by atoms with Crippen molar-refractivity contribution in [2.45, 2.75) is 13.3 Å². The highest BCUT2D eigenvalue weighted by atomic mass is 16.4. The average molecular weight is 143 g/mol. The molecule has 0 radical (unpaired) electrons. The molecule has 10 heavy (non-hydrogen) atoms. The van der Waals surface area contributed by atoms with E-state index in [0.29, 0.717) is 12.5 Å². The molecule has 0 aromatic carbocycles. The first-order chi connectivity index (χ1) is 4.75. The molecule has 58 valence electrons. The predicted octanol–water partition coefficient (Wildman–Crippen LogP) is 0.317. The maximum absolute atomic E-state index is 10.5. The zero-order chi connectivity index (χ0) is 7.56. The summed E-state index contributed by atoms with van der Waals surface area (Å²) in [5.41, 5.74) is 0. The maximum atomic E-state index is 10.5. The van der Waals surface area contributed by atoms with Crippen LogP contribution < -0.4 is 5.32 Å². The SMILES string of the molecule is CC[C@H]1CNC[C@H]1C(=O)O. The first kappa shape index (κ1) is 7.54. The van der Waals surface area contributed by atoms with Gasteiger partial charge in [-0.3, -0.25) is 4.79 Å². The van der Waals surface area contributed by atoms with Crippen LogP contribution in [0, 0.1) is 11.8 Å². The number of carboxylic acid groups (broad SMARTS) is 1. The molecule has 3 heteroatoms. The van der Waals surface area contributed by atoms with Gasteiger partial charge in [-0.25, -0.2) is 0 Å². The highest BCUT2D eigenvalue weighted by Gasteiger charge is 2.30. The van der Waals surface area contributed by atoms with Gasteiger partial charge in [-0.1, -0.05) is 13.3 Å². The number of hydrogen-bond acceptors (Lipinski definition) is 2. The summed E-state index contributed by atoms with van der Waals surface area (Å²) < 4.78 is 0. The van der Waals surface area contributed by atoms with Gasteiger partial charge in [-0.05, 0) is 12.5 Å². The topological polar surface area (TPSA) is 49.3 Å². The number of rotatable bonds is 2. The van der Waals surface area contributed by atoms with E-state index in [-0.39, 0.29) is 5.92 Å². The Hall–Kier alpha value is -0.570. The Morgan fingerprint density at radius 2 is 2.40 bits per heavy atom. The second kappa shape index (κ2) is 3.01. The van der Waals surface area contributed by atoms with E-state index in [1.54, 1.807) is 0 Å². The maximum Gasteiger partial charge on any atom is 0.308 e. The molecule has 2 N–H and O–H groups in total. The Bertz CT molecular complexity index is 136. The van der Waals surface area contributed by atoms with E-state index in [4.69, 9.17) is 5.11 Å². The fourth-order valence-electron chi connectivity index (χ4n) is 1.45. The van der Waals surface area contributed by atoms with E-state index in [1.165, 1.54) is 0 Å². The lowest BCUT2D eigenvalue weighted by Gasteiger charge is -2.10. The Morgan fingerprint density at radius 1 is 1.70 bits per heavy atom. The van der Waals surface area contributed by atoms with Crippen LogP contribution in [0.5, 0.6) is 0 Å². The summed E-state index contributed by atoms with van der Waals surface area (Å²) in [5.74, 6) is -0.459. The van der Waals surface area contributed by atoms with Crippen molar-refractivity contribution in [3.05, 3.63) is 0 Å². The smallest absolute Gasteiger partial charge is 0.308 e. The monoisotopic (exact) mass is 143 g/mol. The molecule has 0 aromatic heterocycles. The van der Waals surface area contributed by atoms with E-state index in [9.17, 15) is 4.79 Å². The van der Waals surface area contributed by atoms with Gasteiger partial charge >= 0.3 is 5.97 Å². The number of hydrogen-bond donors (Lipinski definition) is 2. The van der Waals surface area contributed by atoms with Crippen molar-refractivity contribution in [2.24, 2.45) is 11.8 Å². The minimum absolute atomic E-state index is 0.148. The quantitative estimate of drug-likeness (QED) is 0.585. The summed E-state index contributed by atoms with van der Waals surface area (Å²) in [6, 6.07) is 0. The summed E-state index contributed by atoms with van der Waals surface area (Å²) in [5, 5.41) is 11.7. The van der Waals surface area contributed by atoms with Gasteiger partial charge in [0, 0.05) is 6.54 Å². The van der Waals surface area contributed by atoms with Crippen LogP contribution in [0.15, 0.2) is 0 Å². The lowest BCUT2D eigenvalue weighted by atomic mass is 9.94. The molecule has 0 amide bonds. The first-order valence-electron chi connectivity index (χ1n) is 3.69. The van der Waals surface area contributed by atoms with E-state index in [0.717, 1.165) is 13.0 Å². The second-order valence-electron chi connectivity index (χ2n) is 2.77. The van der Waals surface area contributed by atoms with E-state index < -0.39 is 5.97 Å². The van der Waals surface area contributed by atoms with Crippen LogP contribution in [0.25, 0.3) is 0 Å². The zero-order valence-corrected chi connectivity index (χ0v) is 6.13. The van der Waals surface area contributed by atoms with Crippen LogP contribution in [0.4, 0.5) is 0 Å². The van der Waals surface area contributed by atoms with Gasteiger partial charge < -0.3 is 10.4 Å². The fourth-order valence-corrected chi connectivity index (χ4v) is 1.45. The summed E-state index contributed by atoms with van der Waals surface area (Å²) in [6.45, 7) is 3.55. The molecule has 1 fully saturated rings. The Kier molecular flexibility index (Phi) is 2.27. The molecule has 0 unspecified atom stereocenters. The highest BCUT2D eigenvalue weighted by Crippen LogP contribution is 2.19. The highest BCUT2D eigenvalue weighted by molar-refractivity contribution is 5.71. The molecule has 1 saturated heterocycles. The van der Waals surface area contributed by atoms with Crippen LogP contribution in [0.2, 0.25) is 0 Å². The predicted molar refractivity (Wildman–Crippen MR) is 37.8 cm³/mol. The van der Waals surface area contributed by atoms with Crippen molar-refractivity contribution in [3.8, 4) is 0 Å². The van der Waals surface area contributed by atoms with E-state index in [1.807, 2.05) is 6.92 Å². The molecule has 3 nitrogen and oxygen atoms in total. The first-order valence-corrected chi connectivity index (χ1v) is 3.69. The number of nitrogens with one attached hydrogen (secondary N) is 1. The Morgan fingerprint density at radius 3 is 2.80 bits per heavy atom. The average Bonchev–Trinajstić information content (AvgIpc) is 2.33. The third kappa shape index (κ3) is 1.29. The van der Waals surface area contributed by atoms with Gasteiger partial charge in [0.05, 0.1) is 5.92 Å². The van der Waals surface area contributed by atoms with Crippen molar-refractivity contribution in [2.75, 3.05) is 13.1 Å². The van der Waals surface area contributed by atoms with Gasteiger partial charge in [0.2, 0.25) is 0 Å². The summed E-state index contributed by atoms with van der Waals surface area (Å²) in [7, 11) is 0. The van der Waals surface area contributed by atoms with Gasteiger partial charge in [-0.15, -0.1) is 0 Å². The fraction of sp³-hybridized carbons (Fsp3) is 0.857. The Labute approximate surface area is 60.4 Å². The number of aliphatic carboxylic acids is 1. The third-order valence-corrected chi connectivity index (χ3v) is 2.18. The molecule has 1 aliphatic rings. The molecule has 0 aromatic rings. The van der Waals surface area contributed by atoms with Gasteiger partial charge in [0.15, 0.2) is 0 Å². The molecule has 0 spiro atoms. The molecule has 0 aliphatic carbocycles. The number of carbonyl (C=O) groups is 1. The Balaban J connectivity index is 2.50. The minimum Gasteiger partial charge on any atom is -0.481 e. The van der Waals surface area contributed by atoms with Crippen LogP contribution in [0.3, 0.4) is 0 Å².